The number of fused-ring (bicyclic) bond motifs is 1. The quantitative estimate of drug-likeness (QED) is 0.524. The number of ether oxygens (including phenoxy) is 1. The fraction of sp³-hybridized carbons (Fsp3) is 0.484. The molecule has 1 amide bonds. The molecular weight excluding hydrogens is 488 g/mol. The van der Waals surface area contributed by atoms with Gasteiger partial charge in [0, 0.05) is 79.6 Å². The normalized spacial score (nSPS) is 22.5. The molecule has 2 unspecified atom stereocenters. The van der Waals surface area contributed by atoms with Gasteiger partial charge in [0.15, 0.2) is 0 Å². The molecule has 3 aliphatic heterocycles. The lowest BCUT2D eigenvalue weighted by atomic mass is 9.80. The molecule has 3 fully saturated rings. The summed E-state index contributed by atoms with van der Waals surface area (Å²) in [5.41, 5.74) is 11.6. The predicted molar refractivity (Wildman–Crippen MR) is 158 cm³/mol. The van der Waals surface area contributed by atoms with Gasteiger partial charge < -0.3 is 30.5 Å². The summed E-state index contributed by atoms with van der Waals surface area (Å²) in [6.07, 6.45) is 3.79. The molecule has 6 rings (SSSR count). The van der Waals surface area contributed by atoms with Crippen molar-refractivity contribution in [2.45, 2.75) is 32.2 Å². The van der Waals surface area contributed by atoms with Crippen molar-refractivity contribution in [3.63, 3.8) is 0 Å². The molecule has 206 valence electrons. The van der Waals surface area contributed by atoms with Gasteiger partial charge in [0.05, 0.1) is 24.4 Å². The number of nitrogens with one attached hydrogen (secondary N) is 1. The molecule has 1 spiro atoms. The van der Waals surface area contributed by atoms with Crippen LogP contribution in [0.5, 0.6) is 5.75 Å². The van der Waals surface area contributed by atoms with Crippen LogP contribution in [0.25, 0.3) is 22.2 Å². The van der Waals surface area contributed by atoms with Gasteiger partial charge in [0.25, 0.3) is 0 Å². The van der Waals surface area contributed by atoms with E-state index in [0.29, 0.717) is 18.5 Å². The van der Waals surface area contributed by atoms with Crippen LogP contribution in [0.15, 0.2) is 48.5 Å². The molecule has 1 aromatic heterocycles. The fourth-order valence-electron chi connectivity index (χ4n) is 6.56. The molecule has 2 atom stereocenters. The van der Waals surface area contributed by atoms with Gasteiger partial charge >= 0.3 is 0 Å². The smallest absolute Gasteiger partial charge is 0.239 e. The van der Waals surface area contributed by atoms with E-state index in [1.807, 2.05) is 17.0 Å². The number of nitrogens with zero attached hydrogens (tertiary/aromatic N) is 4. The van der Waals surface area contributed by atoms with E-state index >= 15 is 0 Å². The molecule has 39 heavy (non-hydrogen) atoms. The van der Waals surface area contributed by atoms with Crippen LogP contribution in [0.3, 0.4) is 0 Å². The predicted octanol–water partition coefficient (Wildman–Crippen LogP) is 3.49. The number of methoxy groups -OCH3 is 1. The van der Waals surface area contributed by atoms with Gasteiger partial charge in [0.2, 0.25) is 5.91 Å². The Morgan fingerprint density at radius 2 is 1.82 bits per heavy atom. The molecule has 0 radical (unpaired) electrons. The standard InChI is InChI=1S/C31H40N6O2/c1-22(32)30(38)36-16-14-35(15-17-36)24-6-4-23(5-7-24)27-19-29(26-9-8-25(39-2)18-28(26)34-27)37-13-11-31(21-37)10-3-12-33-20-31/h4-9,18-19,22,33H,3,10-17,20-21,32H2,1-2H3. The molecule has 3 aliphatic rings. The van der Waals surface area contributed by atoms with Crippen LogP contribution in [-0.4, -0.2) is 81.3 Å². The van der Waals surface area contributed by atoms with Crippen molar-refractivity contribution in [2.75, 3.05) is 69.3 Å². The number of amides is 1. The fourth-order valence-corrected chi connectivity index (χ4v) is 6.56. The van der Waals surface area contributed by atoms with Crippen molar-refractivity contribution in [3.8, 4) is 17.0 Å². The summed E-state index contributed by atoms with van der Waals surface area (Å²) < 4.78 is 5.54. The zero-order valence-corrected chi connectivity index (χ0v) is 23.2. The van der Waals surface area contributed by atoms with Gasteiger partial charge in [-0.3, -0.25) is 4.79 Å². The number of hydrogen-bond acceptors (Lipinski definition) is 7. The number of pyridine rings is 1. The number of aromatic nitrogens is 1. The Morgan fingerprint density at radius 1 is 1.03 bits per heavy atom. The maximum atomic E-state index is 12.2. The van der Waals surface area contributed by atoms with Crippen LogP contribution in [0.2, 0.25) is 0 Å². The largest absolute Gasteiger partial charge is 0.497 e. The first-order valence-corrected chi connectivity index (χ1v) is 14.3. The number of carbonyl (C=O) groups excluding carboxylic acids is 1. The Morgan fingerprint density at radius 3 is 2.51 bits per heavy atom. The number of benzene rings is 2. The monoisotopic (exact) mass is 528 g/mol. The molecule has 3 aromatic rings. The maximum Gasteiger partial charge on any atom is 0.239 e. The second-order valence-corrected chi connectivity index (χ2v) is 11.5. The highest BCUT2D eigenvalue weighted by Crippen LogP contribution is 2.41. The van der Waals surface area contributed by atoms with E-state index in [1.165, 1.54) is 36.0 Å². The summed E-state index contributed by atoms with van der Waals surface area (Å²) in [6.45, 7) is 9.18. The van der Waals surface area contributed by atoms with E-state index < -0.39 is 6.04 Å². The minimum absolute atomic E-state index is 0.0310. The zero-order valence-electron chi connectivity index (χ0n) is 23.2. The highest BCUT2D eigenvalue weighted by Gasteiger charge is 2.39. The third kappa shape index (κ3) is 5.15. The van der Waals surface area contributed by atoms with Crippen LogP contribution < -0.4 is 25.6 Å². The molecule has 8 nitrogen and oxygen atoms in total. The van der Waals surface area contributed by atoms with Gasteiger partial charge in [-0.1, -0.05) is 12.1 Å². The van der Waals surface area contributed by atoms with E-state index in [-0.39, 0.29) is 5.91 Å². The molecule has 4 heterocycles. The topological polar surface area (TPSA) is 87.0 Å². The first-order valence-electron chi connectivity index (χ1n) is 14.3. The Hall–Kier alpha value is -3.36. The third-order valence-corrected chi connectivity index (χ3v) is 8.84. The van der Waals surface area contributed by atoms with Gasteiger partial charge in [0.1, 0.15) is 5.75 Å². The number of carbonyl (C=O) groups is 1. The van der Waals surface area contributed by atoms with Crippen LogP contribution in [-0.2, 0) is 4.79 Å². The van der Waals surface area contributed by atoms with Crippen molar-refractivity contribution in [3.05, 3.63) is 48.5 Å². The van der Waals surface area contributed by atoms with Crippen molar-refractivity contribution >= 4 is 28.2 Å². The minimum Gasteiger partial charge on any atom is -0.497 e. The van der Waals surface area contributed by atoms with E-state index in [0.717, 1.165) is 61.8 Å². The molecule has 3 saturated heterocycles. The summed E-state index contributed by atoms with van der Waals surface area (Å²) in [5.74, 6) is 0.855. The van der Waals surface area contributed by atoms with E-state index in [9.17, 15) is 4.79 Å². The Kier molecular flexibility index (Phi) is 7.08. The first-order chi connectivity index (χ1) is 18.9. The van der Waals surface area contributed by atoms with Gasteiger partial charge in [-0.15, -0.1) is 0 Å². The lowest BCUT2D eigenvalue weighted by Crippen LogP contribution is -2.52. The number of piperazine rings is 1. The molecule has 2 aromatic carbocycles. The molecule has 0 bridgehead atoms. The van der Waals surface area contributed by atoms with E-state index in [2.05, 4.69) is 51.5 Å². The lowest BCUT2D eigenvalue weighted by molar-refractivity contribution is -0.132. The number of nitrogens with two attached hydrogens (primary N) is 1. The van der Waals surface area contributed by atoms with Crippen LogP contribution >= 0.6 is 0 Å². The lowest BCUT2D eigenvalue weighted by Gasteiger charge is -2.36. The SMILES string of the molecule is COc1ccc2c(N3CCC4(CCCNC4)C3)cc(-c3ccc(N4CCN(C(=O)C(C)N)CC4)cc3)nc2c1. The van der Waals surface area contributed by atoms with E-state index in [4.69, 9.17) is 15.5 Å². The van der Waals surface area contributed by atoms with Crippen molar-refractivity contribution < 1.29 is 9.53 Å². The zero-order chi connectivity index (χ0) is 27.0. The molecule has 0 saturated carbocycles. The highest BCUT2D eigenvalue weighted by molar-refractivity contribution is 5.95. The van der Waals surface area contributed by atoms with Crippen LogP contribution in [0.4, 0.5) is 11.4 Å². The average Bonchev–Trinajstić information content (AvgIpc) is 3.38. The van der Waals surface area contributed by atoms with Crippen LogP contribution in [0, 0.1) is 5.41 Å². The van der Waals surface area contributed by atoms with E-state index in [1.54, 1.807) is 14.0 Å². The molecule has 0 aliphatic carbocycles. The van der Waals surface area contributed by atoms with Gasteiger partial charge in [-0.2, -0.15) is 0 Å². The number of hydrogen-bond donors (Lipinski definition) is 2. The number of piperidine rings is 1. The molecular formula is C31H40N6O2. The highest BCUT2D eigenvalue weighted by atomic mass is 16.5. The Labute approximate surface area is 231 Å². The summed E-state index contributed by atoms with van der Waals surface area (Å²) in [7, 11) is 1.71. The average molecular weight is 529 g/mol. The summed E-state index contributed by atoms with van der Waals surface area (Å²) in [6, 6.07) is 16.8. The molecule has 3 N–H and O–H groups in total. The Bertz CT molecular complexity index is 1330. The maximum absolute atomic E-state index is 12.2. The number of anilines is 2. The second-order valence-electron chi connectivity index (χ2n) is 11.5. The minimum atomic E-state index is -0.444. The summed E-state index contributed by atoms with van der Waals surface area (Å²) in [4.78, 5) is 24.1. The second kappa shape index (κ2) is 10.7. The first kappa shape index (κ1) is 25.9. The van der Waals surface area contributed by atoms with Crippen molar-refractivity contribution in [1.82, 2.24) is 15.2 Å². The van der Waals surface area contributed by atoms with Gasteiger partial charge in [-0.25, -0.2) is 4.98 Å². The summed E-state index contributed by atoms with van der Waals surface area (Å²) in [5, 5.41) is 4.82. The Balaban J connectivity index is 1.26. The summed E-state index contributed by atoms with van der Waals surface area (Å²) >= 11 is 0. The molecule has 8 heteroatoms. The van der Waals surface area contributed by atoms with Crippen LogP contribution in [0.1, 0.15) is 26.2 Å². The third-order valence-electron chi connectivity index (χ3n) is 8.84. The van der Waals surface area contributed by atoms with Gasteiger partial charge in [-0.05, 0) is 63.1 Å². The van der Waals surface area contributed by atoms with Crippen molar-refractivity contribution in [2.24, 2.45) is 11.1 Å². The number of rotatable bonds is 5. The van der Waals surface area contributed by atoms with Crippen molar-refractivity contribution in [1.29, 1.82) is 0 Å².